The largest absolute Gasteiger partial charge is 0.444 e. The third kappa shape index (κ3) is 5.72. The number of ether oxygens (including phenoxy) is 1. The maximum atomic E-state index is 12.6. The number of rotatable bonds is 3. The highest BCUT2D eigenvalue weighted by molar-refractivity contribution is 6.31. The van der Waals surface area contributed by atoms with E-state index in [2.05, 4.69) is 10.3 Å². The van der Waals surface area contributed by atoms with Crippen molar-refractivity contribution in [1.82, 2.24) is 15.2 Å². The summed E-state index contributed by atoms with van der Waals surface area (Å²) in [6, 6.07) is 0.0617. The van der Waals surface area contributed by atoms with Gasteiger partial charge in [-0.15, -0.1) is 0 Å². The van der Waals surface area contributed by atoms with Gasteiger partial charge in [-0.05, 0) is 39.7 Å². The maximum absolute atomic E-state index is 12.6. The van der Waals surface area contributed by atoms with E-state index in [9.17, 15) is 22.8 Å². The van der Waals surface area contributed by atoms with Gasteiger partial charge in [0, 0.05) is 12.7 Å². The molecule has 2 rings (SSSR count). The molecule has 1 aromatic rings. The van der Waals surface area contributed by atoms with Crippen molar-refractivity contribution >= 4 is 23.6 Å². The molecule has 10 heteroatoms. The first-order chi connectivity index (χ1) is 12.4. The molecular weight excluding hydrogens is 387 g/mol. The van der Waals surface area contributed by atoms with Crippen LogP contribution in [0.3, 0.4) is 0 Å². The summed E-state index contributed by atoms with van der Waals surface area (Å²) in [4.78, 5) is 29.7. The molecule has 1 fully saturated rings. The number of hydrogen-bond acceptors (Lipinski definition) is 4. The molecule has 1 saturated heterocycles. The van der Waals surface area contributed by atoms with Crippen LogP contribution in [0.2, 0.25) is 5.02 Å². The van der Waals surface area contributed by atoms with Gasteiger partial charge in [-0.25, -0.2) is 4.79 Å². The standard InChI is InChI=1S/C17H21ClF3N3O3/c1-16(2,3)27-15(26)24-6-4-5-13(24)14(25)23-9-12-11(18)7-10(8-22-12)17(19,20)21/h7-8,13H,4-6,9H2,1-3H3,(H,23,25)/t13-/m0/s1. The first kappa shape index (κ1) is 21.3. The molecular formula is C17H21ClF3N3O3. The summed E-state index contributed by atoms with van der Waals surface area (Å²) in [6.45, 7) is 5.44. The lowest BCUT2D eigenvalue weighted by molar-refractivity contribution is -0.137. The number of nitrogens with one attached hydrogen (secondary N) is 1. The lowest BCUT2D eigenvalue weighted by atomic mass is 10.2. The van der Waals surface area contributed by atoms with Crippen LogP contribution in [-0.4, -0.2) is 40.1 Å². The molecule has 0 saturated carbocycles. The fraction of sp³-hybridized carbons (Fsp3) is 0.588. The monoisotopic (exact) mass is 407 g/mol. The second kappa shape index (κ2) is 7.92. The number of amides is 2. The summed E-state index contributed by atoms with van der Waals surface area (Å²) in [5, 5.41) is 2.38. The lowest BCUT2D eigenvalue weighted by Gasteiger charge is -2.28. The zero-order valence-electron chi connectivity index (χ0n) is 15.2. The Kier molecular flexibility index (Phi) is 6.24. The Morgan fingerprint density at radius 1 is 1.37 bits per heavy atom. The molecule has 1 atom stereocenters. The van der Waals surface area contributed by atoms with Crippen LogP contribution in [0.4, 0.5) is 18.0 Å². The molecule has 0 spiro atoms. The van der Waals surface area contributed by atoms with Crippen LogP contribution in [0.5, 0.6) is 0 Å². The molecule has 2 amide bonds. The van der Waals surface area contributed by atoms with Crippen LogP contribution in [0.15, 0.2) is 12.3 Å². The Morgan fingerprint density at radius 3 is 2.59 bits per heavy atom. The number of carbonyl (C=O) groups is 2. The van der Waals surface area contributed by atoms with Gasteiger partial charge in [0.1, 0.15) is 11.6 Å². The highest BCUT2D eigenvalue weighted by Gasteiger charge is 2.36. The van der Waals surface area contributed by atoms with Crippen LogP contribution in [0.1, 0.15) is 44.9 Å². The second-order valence-electron chi connectivity index (χ2n) is 7.20. The minimum Gasteiger partial charge on any atom is -0.444 e. The third-order valence-electron chi connectivity index (χ3n) is 3.86. The van der Waals surface area contributed by atoms with Crippen LogP contribution >= 0.6 is 11.6 Å². The second-order valence-corrected chi connectivity index (χ2v) is 7.61. The van der Waals surface area contributed by atoms with E-state index >= 15 is 0 Å². The fourth-order valence-corrected chi connectivity index (χ4v) is 2.85. The van der Waals surface area contributed by atoms with E-state index < -0.39 is 35.4 Å². The van der Waals surface area contributed by atoms with Gasteiger partial charge in [-0.1, -0.05) is 11.6 Å². The van der Waals surface area contributed by atoms with Gasteiger partial charge in [0.25, 0.3) is 0 Å². The minimum atomic E-state index is -4.55. The van der Waals surface area contributed by atoms with E-state index in [1.807, 2.05) is 0 Å². The first-order valence-corrected chi connectivity index (χ1v) is 8.75. The van der Waals surface area contributed by atoms with Gasteiger partial charge >= 0.3 is 12.3 Å². The van der Waals surface area contributed by atoms with Crippen LogP contribution in [0.25, 0.3) is 0 Å². The molecule has 0 unspecified atom stereocenters. The summed E-state index contributed by atoms with van der Waals surface area (Å²) in [7, 11) is 0. The maximum Gasteiger partial charge on any atom is 0.417 e. The smallest absolute Gasteiger partial charge is 0.417 e. The first-order valence-electron chi connectivity index (χ1n) is 8.37. The van der Waals surface area contributed by atoms with Crippen molar-refractivity contribution in [3.05, 3.63) is 28.5 Å². The SMILES string of the molecule is CC(C)(C)OC(=O)N1CCC[C@H]1C(=O)NCc1ncc(C(F)(F)F)cc1Cl. The molecule has 150 valence electrons. The number of alkyl halides is 3. The number of aromatic nitrogens is 1. The third-order valence-corrected chi connectivity index (χ3v) is 4.19. The molecule has 2 heterocycles. The summed E-state index contributed by atoms with van der Waals surface area (Å²) in [6.07, 6.45) is -3.34. The van der Waals surface area contributed by atoms with E-state index in [0.717, 1.165) is 6.07 Å². The summed E-state index contributed by atoms with van der Waals surface area (Å²) in [5.74, 6) is -0.434. The van der Waals surface area contributed by atoms with Crippen LogP contribution in [-0.2, 0) is 22.3 Å². The van der Waals surface area contributed by atoms with Crippen molar-refractivity contribution in [2.75, 3.05) is 6.54 Å². The summed E-state index contributed by atoms with van der Waals surface area (Å²) >= 11 is 5.83. The highest BCUT2D eigenvalue weighted by atomic mass is 35.5. The van der Waals surface area contributed by atoms with Crippen molar-refractivity contribution in [3.63, 3.8) is 0 Å². The Labute approximate surface area is 160 Å². The summed E-state index contributed by atoms with van der Waals surface area (Å²) in [5.41, 5.74) is -1.53. The molecule has 0 aromatic carbocycles. The molecule has 6 nitrogen and oxygen atoms in total. The average molecular weight is 408 g/mol. The number of likely N-dealkylation sites (tertiary alicyclic amines) is 1. The predicted molar refractivity (Wildman–Crippen MR) is 92.1 cm³/mol. The van der Waals surface area contributed by atoms with Gasteiger partial charge in [0.05, 0.1) is 22.8 Å². The van der Waals surface area contributed by atoms with Gasteiger partial charge < -0.3 is 10.1 Å². The number of pyridine rings is 1. The number of hydrogen-bond donors (Lipinski definition) is 1. The van der Waals surface area contributed by atoms with E-state index in [1.165, 1.54) is 4.90 Å². The van der Waals surface area contributed by atoms with Crippen molar-refractivity contribution in [3.8, 4) is 0 Å². The van der Waals surface area contributed by atoms with E-state index in [1.54, 1.807) is 20.8 Å². The number of nitrogens with zero attached hydrogens (tertiary/aromatic N) is 2. The highest BCUT2D eigenvalue weighted by Crippen LogP contribution is 2.31. The van der Waals surface area contributed by atoms with E-state index in [-0.39, 0.29) is 17.3 Å². The Morgan fingerprint density at radius 2 is 2.04 bits per heavy atom. The Balaban J connectivity index is 2.00. The van der Waals surface area contributed by atoms with Gasteiger partial charge in [-0.2, -0.15) is 13.2 Å². The van der Waals surface area contributed by atoms with Gasteiger partial charge in [-0.3, -0.25) is 14.7 Å². The molecule has 1 aliphatic rings. The van der Waals surface area contributed by atoms with Gasteiger partial charge in [0.2, 0.25) is 5.91 Å². The van der Waals surface area contributed by atoms with Gasteiger partial charge in [0.15, 0.2) is 0 Å². The molecule has 0 aliphatic carbocycles. The molecule has 0 bridgehead atoms. The lowest BCUT2D eigenvalue weighted by Crippen LogP contribution is -2.47. The Bertz CT molecular complexity index is 720. The Hall–Kier alpha value is -2.03. The molecule has 27 heavy (non-hydrogen) atoms. The molecule has 1 N–H and O–H groups in total. The zero-order valence-corrected chi connectivity index (χ0v) is 15.9. The molecule has 0 radical (unpaired) electrons. The normalized spacial score (nSPS) is 17.7. The topological polar surface area (TPSA) is 71.5 Å². The minimum absolute atomic E-state index is 0.111. The van der Waals surface area contributed by atoms with Crippen molar-refractivity contribution in [1.29, 1.82) is 0 Å². The quantitative estimate of drug-likeness (QED) is 0.828. The zero-order chi connectivity index (χ0) is 20.4. The van der Waals surface area contributed by atoms with Crippen molar-refractivity contribution in [2.45, 2.75) is 58.0 Å². The van der Waals surface area contributed by atoms with E-state index in [0.29, 0.717) is 25.6 Å². The molecule has 1 aromatic heterocycles. The van der Waals surface area contributed by atoms with Crippen LogP contribution < -0.4 is 5.32 Å². The number of halogens is 4. The number of carbonyl (C=O) groups excluding carboxylic acids is 2. The predicted octanol–water partition coefficient (Wildman–Crippen LogP) is 3.77. The fourth-order valence-electron chi connectivity index (χ4n) is 2.62. The van der Waals surface area contributed by atoms with E-state index in [4.69, 9.17) is 16.3 Å². The van der Waals surface area contributed by atoms with Crippen LogP contribution in [0, 0.1) is 0 Å². The molecule has 1 aliphatic heterocycles. The van der Waals surface area contributed by atoms with Crippen molar-refractivity contribution in [2.24, 2.45) is 0 Å². The average Bonchev–Trinajstić information content (AvgIpc) is 3.00. The summed E-state index contributed by atoms with van der Waals surface area (Å²) < 4.78 is 43.2. The van der Waals surface area contributed by atoms with Crippen molar-refractivity contribution < 1.29 is 27.5 Å².